The van der Waals surface area contributed by atoms with Gasteiger partial charge >= 0.3 is 5.97 Å². The zero-order valence-corrected chi connectivity index (χ0v) is 13.4. The van der Waals surface area contributed by atoms with Crippen LogP contribution in [0.1, 0.15) is 37.2 Å². The summed E-state index contributed by atoms with van der Waals surface area (Å²) < 4.78 is 6.34. The Balaban J connectivity index is 2.27. The lowest BCUT2D eigenvalue weighted by Crippen LogP contribution is -2.52. The molecule has 0 saturated heterocycles. The fourth-order valence-electron chi connectivity index (χ4n) is 2.16. The van der Waals surface area contributed by atoms with Gasteiger partial charge in [0.15, 0.2) is 5.76 Å². The van der Waals surface area contributed by atoms with Crippen molar-refractivity contribution in [3.8, 4) is 0 Å². The molecule has 21 heavy (non-hydrogen) atoms. The minimum atomic E-state index is -1.30. The Morgan fingerprint density at radius 3 is 2.71 bits per heavy atom. The average molecular weight is 354 g/mol. The van der Waals surface area contributed by atoms with Gasteiger partial charge in [-0.3, -0.25) is 4.79 Å². The van der Waals surface area contributed by atoms with Gasteiger partial charge in [-0.15, -0.1) is 0 Å². The summed E-state index contributed by atoms with van der Waals surface area (Å²) >= 11 is 3.35. The maximum Gasteiger partial charge on any atom is 0.329 e. The van der Waals surface area contributed by atoms with Crippen LogP contribution in [0.4, 0.5) is 0 Å². The molecular weight excluding hydrogens is 338 g/mol. The highest BCUT2D eigenvalue weighted by atomic mass is 79.9. The van der Waals surface area contributed by atoms with E-state index in [9.17, 15) is 14.7 Å². The fourth-order valence-corrected chi connectivity index (χ4v) is 2.54. The van der Waals surface area contributed by atoms with E-state index in [0.717, 1.165) is 9.86 Å². The van der Waals surface area contributed by atoms with Gasteiger partial charge in [-0.25, -0.2) is 4.79 Å². The number of halogens is 1. The molecule has 2 rings (SSSR count). The number of carbonyl (C=O) groups excluding carboxylic acids is 1. The third kappa shape index (κ3) is 3.26. The second kappa shape index (κ2) is 5.89. The van der Waals surface area contributed by atoms with Crippen molar-refractivity contribution in [1.29, 1.82) is 0 Å². The van der Waals surface area contributed by atoms with E-state index in [0.29, 0.717) is 18.4 Å². The Kier molecular flexibility index (Phi) is 4.37. The number of carbonyl (C=O) groups is 2. The molecule has 0 aliphatic heterocycles. The van der Waals surface area contributed by atoms with Gasteiger partial charge in [0.1, 0.15) is 11.1 Å². The highest BCUT2D eigenvalue weighted by molar-refractivity contribution is 9.10. The third-order valence-corrected chi connectivity index (χ3v) is 3.81. The van der Waals surface area contributed by atoms with E-state index >= 15 is 0 Å². The van der Waals surface area contributed by atoms with Crippen LogP contribution in [0.5, 0.6) is 0 Å². The van der Waals surface area contributed by atoms with Gasteiger partial charge in [0.05, 0.1) is 0 Å². The number of furan rings is 1. The topological polar surface area (TPSA) is 79.5 Å². The fraction of sp³-hybridized carbons (Fsp3) is 0.333. The largest absolute Gasteiger partial charge is 0.480 e. The SMILES string of the molecule is CCCC(C)(NC(=O)c1cc2cc(Br)ccc2o1)C(=O)O. The number of nitrogens with one attached hydrogen (secondary N) is 1. The number of amides is 1. The van der Waals surface area contributed by atoms with Gasteiger partial charge < -0.3 is 14.8 Å². The van der Waals surface area contributed by atoms with Crippen molar-refractivity contribution in [2.24, 2.45) is 0 Å². The summed E-state index contributed by atoms with van der Waals surface area (Å²) in [5.74, 6) is -1.48. The normalized spacial score (nSPS) is 13.9. The summed E-state index contributed by atoms with van der Waals surface area (Å²) in [5, 5.41) is 12.6. The van der Waals surface area contributed by atoms with Gasteiger partial charge in [-0.1, -0.05) is 29.3 Å². The Morgan fingerprint density at radius 2 is 2.10 bits per heavy atom. The van der Waals surface area contributed by atoms with E-state index in [1.807, 2.05) is 19.1 Å². The van der Waals surface area contributed by atoms with Crippen molar-refractivity contribution in [3.05, 3.63) is 34.5 Å². The molecule has 1 atom stereocenters. The quantitative estimate of drug-likeness (QED) is 0.860. The van der Waals surface area contributed by atoms with Gasteiger partial charge in [-0.05, 0) is 37.6 Å². The number of aliphatic carboxylic acids is 1. The van der Waals surface area contributed by atoms with Crippen LogP contribution in [0, 0.1) is 0 Å². The first-order valence-corrected chi connectivity index (χ1v) is 7.40. The molecule has 1 aromatic carbocycles. The average Bonchev–Trinajstić information content (AvgIpc) is 2.81. The van der Waals surface area contributed by atoms with E-state index < -0.39 is 17.4 Å². The molecule has 1 amide bonds. The molecule has 0 bridgehead atoms. The minimum Gasteiger partial charge on any atom is -0.480 e. The lowest BCUT2D eigenvalue weighted by atomic mass is 9.96. The molecule has 0 radical (unpaired) electrons. The molecule has 5 nitrogen and oxygen atoms in total. The van der Waals surface area contributed by atoms with Gasteiger partial charge in [0.25, 0.3) is 5.91 Å². The van der Waals surface area contributed by atoms with Crippen LogP contribution in [0.15, 0.2) is 33.2 Å². The third-order valence-electron chi connectivity index (χ3n) is 3.31. The Hall–Kier alpha value is -1.82. The standard InChI is InChI=1S/C15H16BrNO4/c1-3-6-15(2,14(19)20)17-13(18)12-8-9-7-10(16)4-5-11(9)21-12/h4-5,7-8H,3,6H2,1-2H3,(H,17,18)(H,19,20). The van der Waals surface area contributed by atoms with Crippen molar-refractivity contribution in [2.45, 2.75) is 32.2 Å². The number of carboxylic acids is 1. The molecule has 0 saturated carbocycles. The van der Waals surface area contributed by atoms with Crippen LogP contribution in [0.2, 0.25) is 0 Å². The monoisotopic (exact) mass is 353 g/mol. The van der Waals surface area contributed by atoms with Crippen LogP contribution in [-0.2, 0) is 4.79 Å². The van der Waals surface area contributed by atoms with Crippen molar-refractivity contribution in [1.82, 2.24) is 5.32 Å². The van der Waals surface area contributed by atoms with E-state index in [4.69, 9.17) is 4.42 Å². The number of hydrogen-bond donors (Lipinski definition) is 2. The molecule has 112 valence electrons. The molecule has 0 aliphatic rings. The summed E-state index contributed by atoms with van der Waals surface area (Å²) in [6.45, 7) is 3.36. The molecule has 0 aliphatic carbocycles. The lowest BCUT2D eigenvalue weighted by Gasteiger charge is -2.25. The van der Waals surface area contributed by atoms with E-state index in [2.05, 4.69) is 21.2 Å². The lowest BCUT2D eigenvalue weighted by molar-refractivity contribution is -0.144. The summed E-state index contributed by atoms with van der Waals surface area (Å²) in [5.41, 5.74) is -0.721. The predicted octanol–water partition coefficient (Wildman–Crippen LogP) is 3.57. The maximum atomic E-state index is 12.2. The molecular formula is C15H16BrNO4. The number of hydrogen-bond acceptors (Lipinski definition) is 3. The van der Waals surface area contributed by atoms with Crippen LogP contribution in [0.3, 0.4) is 0 Å². The van der Waals surface area contributed by atoms with Crippen LogP contribution in [0.25, 0.3) is 11.0 Å². The number of fused-ring (bicyclic) bond motifs is 1. The Morgan fingerprint density at radius 1 is 1.38 bits per heavy atom. The number of carboxylic acid groups (broad SMARTS) is 1. The molecule has 1 heterocycles. The first kappa shape index (κ1) is 15.6. The maximum absolute atomic E-state index is 12.2. The van der Waals surface area contributed by atoms with Crippen molar-refractivity contribution in [2.75, 3.05) is 0 Å². The summed E-state index contributed by atoms with van der Waals surface area (Å²) in [4.78, 5) is 23.6. The molecule has 1 unspecified atom stereocenters. The summed E-state index contributed by atoms with van der Waals surface area (Å²) in [6.07, 6.45) is 0.996. The van der Waals surface area contributed by atoms with Crippen molar-refractivity contribution >= 4 is 38.8 Å². The van der Waals surface area contributed by atoms with E-state index in [-0.39, 0.29) is 5.76 Å². The highest BCUT2D eigenvalue weighted by Crippen LogP contribution is 2.24. The molecule has 0 fully saturated rings. The molecule has 1 aromatic heterocycles. The minimum absolute atomic E-state index is 0.103. The molecule has 0 spiro atoms. The van der Waals surface area contributed by atoms with Crippen molar-refractivity contribution in [3.63, 3.8) is 0 Å². The van der Waals surface area contributed by atoms with Crippen LogP contribution < -0.4 is 5.32 Å². The van der Waals surface area contributed by atoms with Gasteiger partial charge in [-0.2, -0.15) is 0 Å². The number of benzene rings is 1. The van der Waals surface area contributed by atoms with Crippen molar-refractivity contribution < 1.29 is 19.1 Å². The van der Waals surface area contributed by atoms with Crippen LogP contribution >= 0.6 is 15.9 Å². The first-order chi connectivity index (χ1) is 9.85. The second-order valence-electron chi connectivity index (χ2n) is 5.13. The first-order valence-electron chi connectivity index (χ1n) is 6.61. The summed E-state index contributed by atoms with van der Waals surface area (Å²) in [6, 6.07) is 6.99. The van der Waals surface area contributed by atoms with E-state index in [1.54, 1.807) is 12.1 Å². The Bertz CT molecular complexity index is 694. The summed E-state index contributed by atoms with van der Waals surface area (Å²) in [7, 11) is 0. The zero-order valence-electron chi connectivity index (χ0n) is 11.8. The molecule has 2 N–H and O–H groups in total. The van der Waals surface area contributed by atoms with Gasteiger partial charge in [0.2, 0.25) is 0 Å². The number of rotatable bonds is 5. The second-order valence-corrected chi connectivity index (χ2v) is 6.05. The zero-order chi connectivity index (χ0) is 15.6. The van der Waals surface area contributed by atoms with E-state index in [1.165, 1.54) is 6.92 Å². The predicted molar refractivity (Wildman–Crippen MR) is 82.3 cm³/mol. The highest BCUT2D eigenvalue weighted by Gasteiger charge is 2.34. The van der Waals surface area contributed by atoms with Crippen LogP contribution in [-0.4, -0.2) is 22.5 Å². The Labute approximate surface area is 130 Å². The van der Waals surface area contributed by atoms with Gasteiger partial charge in [0, 0.05) is 9.86 Å². The molecule has 6 heteroatoms. The molecule has 2 aromatic rings. The smallest absolute Gasteiger partial charge is 0.329 e.